The average Bonchev–Trinajstić information content (AvgIpc) is 3.12. The van der Waals surface area contributed by atoms with Crippen LogP contribution in [0.25, 0.3) is 0 Å². The first kappa shape index (κ1) is 40.4. The van der Waals surface area contributed by atoms with Crippen LogP contribution in [0.15, 0.2) is 4.99 Å². The van der Waals surface area contributed by atoms with Crippen molar-refractivity contribution >= 4 is 17.5 Å². The lowest BCUT2D eigenvalue weighted by molar-refractivity contribution is -0.346. The minimum Gasteiger partial charge on any atom is -0.396 e. The van der Waals surface area contributed by atoms with E-state index in [1.54, 1.807) is 0 Å². The number of methoxy groups -OCH3 is 1. The third kappa shape index (κ3) is 8.46. The van der Waals surface area contributed by atoms with Gasteiger partial charge in [-0.2, -0.15) is 0 Å². The topological polar surface area (TPSA) is 272 Å². The lowest BCUT2D eigenvalue weighted by Gasteiger charge is -2.53. The van der Waals surface area contributed by atoms with E-state index in [1.807, 2.05) is 0 Å². The number of hydrogen-bond acceptors (Lipinski definition) is 14. The first-order chi connectivity index (χ1) is 24.4. The number of nitrogens with zero attached hydrogens (tertiary/aromatic N) is 1. The number of rotatable bonds is 13. The summed E-state index contributed by atoms with van der Waals surface area (Å²) < 4.78 is 18.0. The Morgan fingerprint density at radius 1 is 1.04 bits per heavy atom. The quantitative estimate of drug-likeness (QED) is 0.0544. The normalized spacial score (nSPS) is 44.9. The van der Waals surface area contributed by atoms with Crippen LogP contribution >= 0.6 is 0 Å². The Bertz CT molecular complexity index is 1210. The number of aliphatic imine (C=N–C) groups is 1. The molecule has 16 atom stereocenters. The second-order valence-electron chi connectivity index (χ2n) is 15.5. The van der Waals surface area contributed by atoms with Crippen LogP contribution in [0.5, 0.6) is 0 Å². The molecule has 5 rings (SSSR count). The summed E-state index contributed by atoms with van der Waals surface area (Å²) in [5.41, 5.74) is 9.96. The molecule has 2 aliphatic heterocycles. The summed E-state index contributed by atoms with van der Waals surface area (Å²) >= 11 is 0. The second-order valence-corrected chi connectivity index (χ2v) is 15.5. The molecule has 51 heavy (non-hydrogen) atoms. The number of ether oxygens (including phenoxy) is 3. The van der Waals surface area contributed by atoms with Gasteiger partial charge in [0, 0.05) is 51.5 Å². The number of carbonyl (C=O) groups is 2. The van der Waals surface area contributed by atoms with Crippen molar-refractivity contribution < 1.29 is 54.4 Å². The number of carbonyl (C=O) groups excluding carboxylic acids is 2. The Labute approximate surface area is 299 Å². The van der Waals surface area contributed by atoms with Crippen LogP contribution in [-0.2, 0) is 23.8 Å². The SMILES string of the molecule is CN=C(N)NCC1C(CCCCO)CC2C(=O)C3CC(OC)CC(O[C@H]4O[C@H](CO)[C@](O)(CCC5CCNC(N)C5)[C@H](O)[C@H]4O)C3C(=O)C2C1O. The van der Waals surface area contributed by atoms with Crippen LogP contribution in [0.3, 0.4) is 0 Å². The van der Waals surface area contributed by atoms with Gasteiger partial charge < -0.3 is 67.0 Å². The molecule has 0 radical (unpaired) electrons. The Morgan fingerprint density at radius 2 is 1.78 bits per heavy atom. The molecule has 5 fully saturated rings. The molecular weight excluding hydrogens is 666 g/mol. The lowest BCUT2D eigenvalue weighted by atomic mass is 9.53. The lowest BCUT2D eigenvalue weighted by Crippen LogP contribution is -2.68. The number of guanidine groups is 1. The molecule has 292 valence electrons. The predicted octanol–water partition coefficient (Wildman–Crippen LogP) is -2.27. The van der Waals surface area contributed by atoms with E-state index in [4.69, 9.17) is 25.7 Å². The summed E-state index contributed by atoms with van der Waals surface area (Å²) in [5.74, 6) is -4.07. The molecular formula is C35H61N5O11. The van der Waals surface area contributed by atoms with E-state index in [9.17, 15) is 40.2 Å². The summed E-state index contributed by atoms with van der Waals surface area (Å²) in [5, 5.41) is 72.0. The summed E-state index contributed by atoms with van der Waals surface area (Å²) in [6, 6.07) is 0. The largest absolute Gasteiger partial charge is 0.396 e. The average molecular weight is 728 g/mol. The van der Waals surface area contributed by atoms with Gasteiger partial charge in [0.15, 0.2) is 12.2 Å². The fraction of sp³-hybridized carbons (Fsp3) is 0.914. The Hall–Kier alpha value is -1.83. The molecule has 0 bridgehead atoms. The highest BCUT2D eigenvalue weighted by atomic mass is 16.7. The van der Waals surface area contributed by atoms with E-state index >= 15 is 0 Å². The first-order valence-electron chi connectivity index (χ1n) is 18.7. The summed E-state index contributed by atoms with van der Waals surface area (Å²) in [6.45, 7) is 0.332. The maximum atomic E-state index is 14.6. The number of aliphatic hydroxyl groups is 6. The molecule has 16 heteroatoms. The number of aliphatic hydroxyl groups excluding tert-OH is 5. The van der Waals surface area contributed by atoms with E-state index in [0.29, 0.717) is 38.5 Å². The van der Waals surface area contributed by atoms with Crippen molar-refractivity contribution in [3.8, 4) is 0 Å². The second kappa shape index (κ2) is 17.5. The van der Waals surface area contributed by atoms with Gasteiger partial charge in [0.05, 0.1) is 42.9 Å². The number of Topliss-reactive ketones (excluding diaryl/α,β-unsaturated/α-hetero) is 2. The maximum absolute atomic E-state index is 14.6. The van der Waals surface area contributed by atoms with E-state index in [0.717, 1.165) is 13.0 Å². The highest BCUT2D eigenvalue weighted by Gasteiger charge is 2.62. The zero-order valence-corrected chi connectivity index (χ0v) is 29.9. The molecule has 0 amide bonds. The zero-order valence-electron chi connectivity index (χ0n) is 29.9. The van der Waals surface area contributed by atoms with Crippen LogP contribution in [0.4, 0.5) is 0 Å². The van der Waals surface area contributed by atoms with Gasteiger partial charge in [-0.05, 0) is 69.7 Å². The van der Waals surface area contributed by atoms with Crippen LogP contribution in [0.1, 0.15) is 64.2 Å². The highest BCUT2D eigenvalue weighted by Crippen LogP contribution is 2.51. The monoisotopic (exact) mass is 727 g/mol. The summed E-state index contributed by atoms with van der Waals surface area (Å²) in [7, 11) is 3.05. The predicted molar refractivity (Wildman–Crippen MR) is 184 cm³/mol. The molecule has 16 nitrogen and oxygen atoms in total. The molecule has 0 aromatic heterocycles. The molecule has 0 spiro atoms. The van der Waals surface area contributed by atoms with Crippen molar-refractivity contribution in [3.63, 3.8) is 0 Å². The van der Waals surface area contributed by atoms with E-state index in [1.165, 1.54) is 14.2 Å². The summed E-state index contributed by atoms with van der Waals surface area (Å²) in [6.07, 6.45) is -4.29. The number of ketones is 2. The molecule has 0 aromatic rings. The van der Waals surface area contributed by atoms with Crippen molar-refractivity contribution in [2.45, 2.75) is 119 Å². The maximum Gasteiger partial charge on any atom is 0.188 e. The molecule has 2 heterocycles. The smallest absolute Gasteiger partial charge is 0.188 e. The molecule has 2 saturated heterocycles. The fourth-order valence-electron chi connectivity index (χ4n) is 9.75. The van der Waals surface area contributed by atoms with E-state index in [-0.39, 0.29) is 67.9 Å². The van der Waals surface area contributed by atoms with Crippen molar-refractivity contribution in [3.05, 3.63) is 0 Å². The molecule has 3 aliphatic carbocycles. The number of nitrogens with one attached hydrogen (secondary N) is 2. The Balaban J connectivity index is 1.35. The summed E-state index contributed by atoms with van der Waals surface area (Å²) in [4.78, 5) is 32.8. The van der Waals surface area contributed by atoms with Gasteiger partial charge in [-0.15, -0.1) is 0 Å². The highest BCUT2D eigenvalue weighted by molar-refractivity contribution is 6.00. The molecule has 5 aliphatic rings. The van der Waals surface area contributed by atoms with Gasteiger partial charge in [-0.3, -0.25) is 14.6 Å². The zero-order chi connectivity index (χ0) is 37.0. The van der Waals surface area contributed by atoms with Gasteiger partial charge in [-0.25, -0.2) is 0 Å². The standard InChI is InChI=1S/C35H61N5O11/c1-38-34(37)40-15-22-18(5-3-4-10-41)12-20-27(29(22)44)30(45)26-21(28(20)43)13-19(49-2)14-23(26)50-33-31(46)32(47)35(48,24(16-42)51-33)8-6-17-7-9-39-25(36)11-17/h17-27,29,31-33,39,41-42,44,46-48H,3-16,36H2,1-2H3,(H3,37,38,40)/t17?,18?,19?,20?,21?,22?,23?,24-,25?,26?,27?,29?,31-,32-,33+,35-/m1/s1. The molecule has 3 saturated carbocycles. The van der Waals surface area contributed by atoms with Crippen LogP contribution in [-0.4, -0.2) is 143 Å². The van der Waals surface area contributed by atoms with Crippen LogP contribution in [0, 0.1) is 41.4 Å². The molecule has 11 unspecified atom stereocenters. The minimum atomic E-state index is -1.98. The fourth-order valence-corrected chi connectivity index (χ4v) is 9.75. The minimum absolute atomic E-state index is 0.0307. The van der Waals surface area contributed by atoms with Crippen LogP contribution < -0.4 is 22.1 Å². The van der Waals surface area contributed by atoms with E-state index < -0.39 is 84.7 Å². The Morgan fingerprint density at radius 3 is 2.45 bits per heavy atom. The van der Waals surface area contributed by atoms with Gasteiger partial charge in [0.1, 0.15) is 35.5 Å². The van der Waals surface area contributed by atoms with Gasteiger partial charge >= 0.3 is 0 Å². The first-order valence-corrected chi connectivity index (χ1v) is 18.7. The van der Waals surface area contributed by atoms with E-state index in [2.05, 4.69) is 15.6 Å². The van der Waals surface area contributed by atoms with Crippen molar-refractivity contribution in [2.24, 2.45) is 57.9 Å². The van der Waals surface area contributed by atoms with Gasteiger partial charge in [-0.1, -0.05) is 6.42 Å². The number of hydrogen-bond donors (Lipinski definition) is 10. The van der Waals surface area contributed by atoms with Crippen molar-refractivity contribution in [1.82, 2.24) is 10.6 Å². The number of piperidine rings is 1. The molecule has 0 aromatic carbocycles. The number of fused-ring (bicyclic) bond motifs is 2. The third-order valence-corrected chi connectivity index (χ3v) is 12.7. The molecule has 12 N–H and O–H groups in total. The third-order valence-electron chi connectivity index (χ3n) is 12.7. The van der Waals surface area contributed by atoms with Crippen molar-refractivity contribution in [2.75, 3.05) is 40.5 Å². The van der Waals surface area contributed by atoms with Crippen LogP contribution in [0.2, 0.25) is 0 Å². The Kier molecular flexibility index (Phi) is 13.9. The van der Waals surface area contributed by atoms with Gasteiger partial charge in [0.25, 0.3) is 0 Å². The number of unbranched alkanes of at least 4 members (excludes halogenated alkanes) is 1. The number of nitrogens with two attached hydrogens (primary N) is 2. The van der Waals surface area contributed by atoms with Gasteiger partial charge in [0.2, 0.25) is 0 Å². The van der Waals surface area contributed by atoms with Crippen molar-refractivity contribution in [1.29, 1.82) is 0 Å².